The van der Waals surface area contributed by atoms with Crippen LogP contribution in [0.25, 0.3) is 0 Å². The molecule has 1 N–H and O–H groups in total. The van der Waals surface area contributed by atoms with Gasteiger partial charge in [-0.15, -0.1) is 0 Å². The Bertz CT molecular complexity index is 368. The number of nitrogens with zero attached hydrogens (tertiary/aromatic N) is 2. The molecule has 0 aromatic carbocycles. The first kappa shape index (κ1) is 16.9. The predicted molar refractivity (Wildman–Crippen MR) is 85.2 cm³/mol. The van der Waals surface area contributed by atoms with Crippen LogP contribution in [0.5, 0.6) is 0 Å². The molecule has 1 aromatic rings. The van der Waals surface area contributed by atoms with E-state index in [-0.39, 0.29) is 0 Å². The molecule has 4 heteroatoms. The lowest BCUT2D eigenvalue weighted by Crippen LogP contribution is -2.31. The van der Waals surface area contributed by atoms with Crippen molar-refractivity contribution in [2.24, 2.45) is 5.92 Å². The maximum absolute atomic E-state index is 5.20. The summed E-state index contributed by atoms with van der Waals surface area (Å²) in [5.74, 6) is 1.65. The summed E-state index contributed by atoms with van der Waals surface area (Å²) in [5.41, 5.74) is 1.29. The number of ether oxygens (including phenoxy) is 1. The molecule has 0 spiro atoms. The Morgan fingerprint density at radius 2 is 2.20 bits per heavy atom. The molecule has 0 atom stereocenters. The van der Waals surface area contributed by atoms with Crippen molar-refractivity contribution in [3.63, 3.8) is 0 Å². The summed E-state index contributed by atoms with van der Waals surface area (Å²) in [7, 11) is 1.74. The third-order valence-corrected chi connectivity index (χ3v) is 3.04. The van der Waals surface area contributed by atoms with E-state index < -0.39 is 0 Å². The van der Waals surface area contributed by atoms with E-state index in [4.69, 9.17) is 4.74 Å². The summed E-state index contributed by atoms with van der Waals surface area (Å²) in [6, 6.07) is 4.26. The zero-order chi connectivity index (χ0) is 14.8. The number of nitrogens with one attached hydrogen (secondary N) is 1. The SMILES string of the molecule is CCCNCc1ccnc(N(CCOC)CC(C)C)c1. The maximum atomic E-state index is 5.20. The fourth-order valence-corrected chi connectivity index (χ4v) is 2.09. The molecule has 0 saturated heterocycles. The topological polar surface area (TPSA) is 37.4 Å². The van der Waals surface area contributed by atoms with Crippen molar-refractivity contribution in [3.8, 4) is 0 Å². The molecular formula is C16H29N3O. The second-order valence-electron chi connectivity index (χ2n) is 5.53. The average molecular weight is 279 g/mol. The Morgan fingerprint density at radius 1 is 1.40 bits per heavy atom. The average Bonchev–Trinajstić information content (AvgIpc) is 2.44. The number of aromatic nitrogens is 1. The maximum Gasteiger partial charge on any atom is 0.128 e. The van der Waals surface area contributed by atoms with Gasteiger partial charge in [-0.25, -0.2) is 4.98 Å². The molecule has 114 valence electrons. The molecular weight excluding hydrogens is 250 g/mol. The zero-order valence-corrected chi connectivity index (χ0v) is 13.4. The van der Waals surface area contributed by atoms with E-state index in [0.717, 1.165) is 45.0 Å². The van der Waals surface area contributed by atoms with Gasteiger partial charge in [-0.05, 0) is 36.6 Å². The highest BCUT2D eigenvalue weighted by atomic mass is 16.5. The highest BCUT2D eigenvalue weighted by molar-refractivity contribution is 5.41. The van der Waals surface area contributed by atoms with E-state index in [0.29, 0.717) is 5.92 Å². The Morgan fingerprint density at radius 3 is 2.85 bits per heavy atom. The van der Waals surface area contributed by atoms with Crippen LogP contribution < -0.4 is 10.2 Å². The fourth-order valence-electron chi connectivity index (χ4n) is 2.09. The van der Waals surface area contributed by atoms with Crippen molar-refractivity contribution in [2.45, 2.75) is 33.7 Å². The van der Waals surface area contributed by atoms with Gasteiger partial charge in [0.25, 0.3) is 0 Å². The molecule has 0 aliphatic carbocycles. The van der Waals surface area contributed by atoms with Crippen molar-refractivity contribution in [2.75, 3.05) is 38.3 Å². The minimum Gasteiger partial charge on any atom is -0.383 e. The second-order valence-corrected chi connectivity index (χ2v) is 5.53. The van der Waals surface area contributed by atoms with Crippen LogP contribution in [0.4, 0.5) is 5.82 Å². The Hall–Kier alpha value is -1.13. The lowest BCUT2D eigenvalue weighted by atomic mass is 10.2. The Kier molecular flexibility index (Phi) is 8.23. The van der Waals surface area contributed by atoms with Gasteiger partial charge in [0.05, 0.1) is 6.61 Å². The van der Waals surface area contributed by atoms with Crippen LogP contribution in [0, 0.1) is 5.92 Å². The number of pyridine rings is 1. The summed E-state index contributed by atoms with van der Waals surface area (Å²) in [5, 5.41) is 3.43. The predicted octanol–water partition coefficient (Wildman–Crippen LogP) is 2.69. The van der Waals surface area contributed by atoms with Crippen LogP contribution in [-0.2, 0) is 11.3 Å². The number of methoxy groups -OCH3 is 1. The highest BCUT2D eigenvalue weighted by Gasteiger charge is 2.10. The van der Waals surface area contributed by atoms with E-state index in [1.807, 2.05) is 6.20 Å². The van der Waals surface area contributed by atoms with Gasteiger partial charge in [0, 0.05) is 32.9 Å². The lowest BCUT2D eigenvalue weighted by molar-refractivity contribution is 0.204. The molecule has 0 unspecified atom stereocenters. The van der Waals surface area contributed by atoms with Crippen LogP contribution in [0.15, 0.2) is 18.3 Å². The smallest absolute Gasteiger partial charge is 0.128 e. The minimum absolute atomic E-state index is 0.607. The monoisotopic (exact) mass is 279 g/mol. The minimum atomic E-state index is 0.607. The van der Waals surface area contributed by atoms with Crippen molar-refractivity contribution in [1.82, 2.24) is 10.3 Å². The standard InChI is InChI=1S/C16H29N3O/c1-5-7-17-12-15-6-8-18-16(11-15)19(9-10-20-4)13-14(2)3/h6,8,11,14,17H,5,7,9-10,12-13H2,1-4H3. The summed E-state index contributed by atoms with van der Waals surface area (Å²) in [4.78, 5) is 6.82. The third-order valence-electron chi connectivity index (χ3n) is 3.04. The second kappa shape index (κ2) is 9.72. The van der Waals surface area contributed by atoms with Gasteiger partial charge in [-0.2, -0.15) is 0 Å². The van der Waals surface area contributed by atoms with Crippen LogP contribution >= 0.6 is 0 Å². The molecule has 0 bridgehead atoms. The van der Waals surface area contributed by atoms with Gasteiger partial charge in [-0.1, -0.05) is 20.8 Å². The molecule has 1 aromatic heterocycles. The van der Waals surface area contributed by atoms with Crippen LogP contribution in [0.1, 0.15) is 32.8 Å². The molecule has 20 heavy (non-hydrogen) atoms. The van der Waals surface area contributed by atoms with E-state index in [2.05, 4.69) is 48.1 Å². The number of anilines is 1. The first-order chi connectivity index (χ1) is 9.67. The van der Waals surface area contributed by atoms with Crippen LogP contribution in [0.2, 0.25) is 0 Å². The molecule has 0 aliphatic heterocycles. The van der Waals surface area contributed by atoms with Gasteiger partial charge >= 0.3 is 0 Å². The normalized spacial score (nSPS) is 11.1. The third kappa shape index (κ3) is 6.35. The quantitative estimate of drug-likeness (QED) is 0.668. The summed E-state index contributed by atoms with van der Waals surface area (Å²) >= 11 is 0. The van der Waals surface area contributed by atoms with Gasteiger partial charge < -0.3 is 15.0 Å². The van der Waals surface area contributed by atoms with E-state index in [1.54, 1.807) is 7.11 Å². The lowest BCUT2D eigenvalue weighted by Gasteiger charge is -2.25. The van der Waals surface area contributed by atoms with E-state index in [1.165, 1.54) is 5.56 Å². The fraction of sp³-hybridized carbons (Fsp3) is 0.688. The first-order valence-corrected chi connectivity index (χ1v) is 7.56. The molecule has 0 saturated carbocycles. The van der Waals surface area contributed by atoms with Crippen molar-refractivity contribution in [1.29, 1.82) is 0 Å². The van der Waals surface area contributed by atoms with Crippen molar-refractivity contribution >= 4 is 5.82 Å². The summed E-state index contributed by atoms with van der Waals surface area (Å²) < 4.78 is 5.20. The van der Waals surface area contributed by atoms with Gasteiger partial charge in [-0.3, -0.25) is 0 Å². The van der Waals surface area contributed by atoms with Crippen LogP contribution in [0.3, 0.4) is 0 Å². The van der Waals surface area contributed by atoms with Crippen LogP contribution in [-0.4, -0.2) is 38.3 Å². The van der Waals surface area contributed by atoms with E-state index >= 15 is 0 Å². The van der Waals surface area contributed by atoms with E-state index in [9.17, 15) is 0 Å². The Labute approximate surface area is 123 Å². The number of hydrogen-bond acceptors (Lipinski definition) is 4. The highest BCUT2D eigenvalue weighted by Crippen LogP contribution is 2.14. The molecule has 0 fully saturated rings. The zero-order valence-electron chi connectivity index (χ0n) is 13.4. The summed E-state index contributed by atoms with van der Waals surface area (Å²) in [6.07, 6.45) is 3.06. The molecule has 0 aliphatic rings. The Balaban J connectivity index is 2.70. The van der Waals surface area contributed by atoms with Crippen molar-refractivity contribution < 1.29 is 4.74 Å². The first-order valence-electron chi connectivity index (χ1n) is 7.56. The molecule has 1 rings (SSSR count). The molecule has 0 radical (unpaired) electrons. The van der Waals surface area contributed by atoms with Gasteiger partial charge in [0.15, 0.2) is 0 Å². The largest absolute Gasteiger partial charge is 0.383 e. The molecule has 1 heterocycles. The summed E-state index contributed by atoms with van der Waals surface area (Å²) in [6.45, 7) is 11.2. The number of rotatable bonds is 10. The van der Waals surface area contributed by atoms with Gasteiger partial charge in [0.1, 0.15) is 5.82 Å². The number of hydrogen-bond donors (Lipinski definition) is 1. The van der Waals surface area contributed by atoms with Crippen molar-refractivity contribution in [3.05, 3.63) is 23.9 Å². The van der Waals surface area contributed by atoms with Gasteiger partial charge in [0.2, 0.25) is 0 Å². The molecule has 4 nitrogen and oxygen atoms in total. The molecule has 0 amide bonds.